The van der Waals surface area contributed by atoms with Gasteiger partial charge in [0, 0.05) is 0 Å². The molecular formula is C24H18O. The largest absolute Gasteiger partial charge is 0.298 e. The van der Waals surface area contributed by atoms with Gasteiger partial charge >= 0.3 is 0 Å². The van der Waals surface area contributed by atoms with E-state index in [1.807, 2.05) is 0 Å². The van der Waals surface area contributed by atoms with Crippen LogP contribution < -0.4 is 0 Å². The molecule has 2 aromatic rings. The van der Waals surface area contributed by atoms with Gasteiger partial charge in [-0.2, -0.15) is 0 Å². The Morgan fingerprint density at radius 1 is 0.920 bits per heavy atom. The van der Waals surface area contributed by atoms with Crippen LogP contribution >= 0.6 is 0 Å². The molecule has 0 aromatic heterocycles. The monoisotopic (exact) mass is 322 g/mol. The summed E-state index contributed by atoms with van der Waals surface area (Å²) in [4.78, 5) is 13.7. The number of allylic oxidation sites excluding steroid dienone is 8. The first-order chi connectivity index (χ1) is 12.3. The fourth-order valence-electron chi connectivity index (χ4n) is 5.27. The zero-order valence-corrected chi connectivity index (χ0v) is 14.0. The van der Waals surface area contributed by atoms with E-state index in [1.165, 1.54) is 44.2 Å². The third-order valence-electron chi connectivity index (χ3n) is 6.27. The highest BCUT2D eigenvalue weighted by Crippen LogP contribution is 2.53. The molecule has 120 valence electrons. The summed E-state index contributed by atoms with van der Waals surface area (Å²) in [6, 6.07) is 10.9. The Morgan fingerprint density at radius 2 is 1.88 bits per heavy atom. The minimum Gasteiger partial charge on any atom is -0.298 e. The van der Waals surface area contributed by atoms with E-state index in [0.717, 1.165) is 19.3 Å². The van der Waals surface area contributed by atoms with Gasteiger partial charge in [-0.1, -0.05) is 60.7 Å². The van der Waals surface area contributed by atoms with Crippen LogP contribution in [0.2, 0.25) is 0 Å². The molecule has 4 aliphatic rings. The minimum absolute atomic E-state index is 0.0731. The normalized spacial score (nSPS) is 25.8. The molecule has 2 unspecified atom stereocenters. The third-order valence-corrected chi connectivity index (χ3v) is 6.27. The number of benzene rings is 2. The van der Waals surface area contributed by atoms with Gasteiger partial charge in [0.15, 0.2) is 5.78 Å². The van der Waals surface area contributed by atoms with Crippen molar-refractivity contribution in [2.75, 3.05) is 0 Å². The van der Waals surface area contributed by atoms with Crippen molar-refractivity contribution < 1.29 is 4.79 Å². The van der Waals surface area contributed by atoms with Crippen molar-refractivity contribution in [3.05, 3.63) is 94.1 Å². The molecule has 0 saturated carbocycles. The summed E-state index contributed by atoms with van der Waals surface area (Å²) >= 11 is 0. The average Bonchev–Trinajstić information content (AvgIpc) is 3.31. The van der Waals surface area contributed by atoms with Gasteiger partial charge in [0.2, 0.25) is 0 Å². The molecule has 0 amide bonds. The highest BCUT2D eigenvalue weighted by Gasteiger charge is 2.44. The van der Waals surface area contributed by atoms with Crippen LogP contribution in [0.3, 0.4) is 0 Å². The van der Waals surface area contributed by atoms with E-state index in [9.17, 15) is 4.79 Å². The van der Waals surface area contributed by atoms with Gasteiger partial charge in [-0.05, 0) is 63.4 Å². The molecule has 2 aromatic carbocycles. The fourth-order valence-corrected chi connectivity index (χ4v) is 5.27. The van der Waals surface area contributed by atoms with E-state index >= 15 is 0 Å². The van der Waals surface area contributed by atoms with Crippen LogP contribution in [0.5, 0.6) is 0 Å². The summed E-state index contributed by atoms with van der Waals surface area (Å²) in [5.41, 5.74) is 7.69. The molecular weight excluding hydrogens is 304 g/mol. The fraction of sp³-hybridized carbons (Fsp3) is 0.208. The maximum absolute atomic E-state index is 13.7. The molecule has 0 aliphatic heterocycles. The summed E-state index contributed by atoms with van der Waals surface area (Å²) in [6.07, 6.45) is 14.0. The lowest BCUT2D eigenvalue weighted by molar-refractivity contribution is -0.120. The lowest BCUT2D eigenvalue weighted by Gasteiger charge is -2.37. The van der Waals surface area contributed by atoms with Crippen molar-refractivity contribution in [2.45, 2.75) is 31.1 Å². The molecule has 2 atom stereocenters. The summed E-state index contributed by atoms with van der Waals surface area (Å²) in [6.45, 7) is 0. The van der Waals surface area contributed by atoms with Gasteiger partial charge in [0.25, 0.3) is 0 Å². The van der Waals surface area contributed by atoms with Crippen molar-refractivity contribution in [1.82, 2.24) is 0 Å². The number of ketones is 1. The first-order valence-electron chi connectivity index (χ1n) is 9.17. The van der Waals surface area contributed by atoms with Crippen LogP contribution in [0.15, 0.2) is 77.4 Å². The average molecular weight is 322 g/mol. The van der Waals surface area contributed by atoms with Gasteiger partial charge < -0.3 is 0 Å². The number of hydrogen-bond donors (Lipinski definition) is 0. The molecule has 0 saturated heterocycles. The highest BCUT2D eigenvalue weighted by atomic mass is 16.1. The van der Waals surface area contributed by atoms with E-state index in [0.29, 0.717) is 5.78 Å². The maximum atomic E-state index is 13.7. The second-order valence-electron chi connectivity index (χ2n) is 7.50. The number of carbonyl (C=O) groups excluding carboxylic acids is 1. The van der Waals surface area contributed by atoms with E-state index in [2.05, 4.69) is 60.7 Å². The van der Waals surface area contributed by atoms with Crippen molar-refractivity contribution in [3.8, 4) is 0 Å². The Morgan fingerprint density at radius 3 is 2.76 bits per heavy atom. The number of rotatable bonds is 1. The molecule has 0 bridgehead atoms. The second-order valence-corrected chi connectivity index (χ2v) is 7.50. The summed E-state index contributed by atoms with van der Waals surface area (Å²) in [5.74, 6) is 0.177. The second kappa shape index (κ2) is 4.70. The van der Waals surface area contributed by atoms with Crippen molar-refractivity contribution in [1.29, 1.82) is 0 Å². The lowest BCUT2D eigenvalue weighted by Crippen LogP contribution is -2.31. The SMILES string of the molecule is O=C1C(C2=CCC=C2)c2cccc3ccc4c(c23)C1C1=CCC=C1C4. The van der Waals surface area contributed by atoms with Crippen molar-refractivity contribution >= 4 is 16.6 Å². The molecule has 1 nitrogen and oxygen atoms in total. The van der Waals surface area contributed by atoms with Crippen molar-refractivity contribution in [2.24, 2.45) is 0 Å². The summed E-state index contributed by atoms with van der Waals surface area (Å²) < 4.78 is 0. The Hall–Kier alpha value is -2.67. The van der Waals surface area contributed by atoms with Crippen LogP contribution in [0.1, 0.15) is 41.4 Å². The van der Waals surface area contributed by atoms with E-state index in [-0.39, 0.29) is 11.8 Å². The maximum Gasteiger partial charge on any atom is 0.156 e. The highest BCUT2D eigenvalue weighted by molar-refractivity contribution is 6.09. The smallest absolute Gasteiger partial charge is 0.156 e. The molecule has 0 spiro atoms. The van der Waals surface area contributed by atoms with Gasteiger partial charge in [-0.3, -0.25) is 4.79 Å². The Bertz CT molecular complexity index is 1090. The van der Waals surface area contributed by atoms with Gasteiger partial charge in [-0.25, -0.2) is 0 Å². The minimum atomic E-state index is -0.115. The lowest BCUT2D eigenvalue weighted by atomic mass is 9.64. The van der Waals surface area contributed by atoms with Gasteiger partial charge in [-0.15, -0.1) is 0 Å². The number of fused-ring (bicyclic) bond motifs is 2. The molecule has 0 fully saturated rings. The molecule has 6 rings (SSSR count). The van der Waals surface area contributed by atoms with Crippen LogP contribution in [0.25, 0.3) is 10.8 Å². The number of hydrogen-bond acceptors (Lipinski definition) is 1. The van der Waals surface area contributed by atoms with Crippen LogP contribution in [-0.4, -0.2) is 5.78 Å². The quantitative estimate of drug-likeness (QED) is 0.697. The van der Waals surface area contributed by atoms with Crippen LogP contribution in [0, 0.1) is 0 Å². The first-order valence-corrected chi connectivity index (χ1v) is 9.17. The zero-order chi connectivity index (χ0) is 16.5. The van der Waals surface area contributed by atoms with Gasteiger partial charge in [0.05, 0.1) is 11.8 Å². The molecule has 25 heavy (non-hydrogen) atoms. The first kappa shape index (κ1) is 13.6. The Kier molecular flexibility index (Phi) is 2.55. The summed E-state index contributed by atoms with van der Waals surface area (Å²) in [7, 11) is 0. The number of carbonyl (C=O) groups is 1. The predicted octanol–water partition coefficient (Wildman–Crippen LogP) is 5.29. The molecule has 0 N–H and O–H groups in total. The third kappa shape index (κ3) is 1.66. The number of Topliss-reactive ketones (excluding diaryl/α,β-unsaturated/α-hetero) is 1. The topological polar surface area (TPSA) is 17.1 Å². The van der Waals surface area contributed by atoms with Crippen LogP contribution in [-0.2, 0) is 11.2 Å². The predicted molar refractivity (Wildman–Crippen MR) is 101 cm³/mol. The zero-order valence-electron chi connectivity index (χ0n) is 14.0. The molecule has 1 heteroatoms. The molecule has 4 aliphatic carbocycles. The molecule has 0 heterocycles. The van der Waals surface area contributed by atoms with Crippen molar-refractivity contribution in [3.63, 3.8) is 0 Å². The summed E-state index contributed by atoms with van der Waals surface area (Å²) in [5, 5.41) is 2.61. The standard InChI is InChI=1S/C24H18O/c25-24-21(14-5-1-2-6-14)19-10-3-7-15-11-12-17-13-16-8-4-9-18(16)23(24)22(17)20(15)19/h1,3,5-12,21,23H,2,4,13H2. The van der Waals surface area contributed by atoms with Crippen LogP contribution in [0.4, 0.5) is 0 Å². The molecule has 0 radical (unpaired) electrons. The Labute approximate surface area is 147 Å². The van der Waals surface area contributed by atoms with E-state index < -0.39 is 0 Å². The van der Waals surface area contributed by atoms with E-state index in [1.54, 1.807) is 0 Å². The van der Waals surface area contributed by atoms with Gasteiger partial charge in [0.1, 0.15) is 0 Å². The van der Waals surface area contributed by atoms with E-state index in [4.69, 9.17) is 0 Å². The Balaban J connectivity index is 1.74.